The van der Waals surface area contributed by atoms with Gasteiger partial charge in [0, 0.05) is 16.9 Å². The van der Waals surface area contributed by atoms with Crippen LogP contribution in [-0.2, 0) is 9.05 Å². The molecule has 1 aromatic rings. The van der Waals surface area contributed by atoms with Gasteiger partial charge in [-0.15, -0.1) is 0 Å². The van der Waals surface area contributed by atoms with Gasteiger partial charge in [0.15, 0.2) is 5.75 Å². The van der Waals surface area contributed by atoms with Gasteiger partial charge in [-0.1, -0.05) is 0 Å². The fourth-order valence-electron chi connectivity index (χ4n) is 1.06. The fourth-order valence-corrected chi connectivity index (χ4v) is 2.70. The van der Waals surface area contributed by atoms with Crippen LogP contribution in [0.15, 0.2) is 11.1 Å². The largest absolute Gasteiger partial charge is 0.493 e. The second kappa shape index (κ2) is 4.96. The average molecular weight is 384 g/mol. The highest BCUT2D eigenvalue weighted by Crippen LogP contribution is 2.37. The molecule has 0 saturated heterocycles. The van der Waals surface area contributed by atoms with Crippen LogP contribution in [0.1, 0.15) is 12.0 Å². The van der Waals surface area contributed by atoms with Gasteiger partial charge in [0.2, 0.25) is 0 Å². The molecule has 4 nitrogen and oxygen atoms in total. The summed E-state index contributed by atoms with van der Waals surface area (Å²) in [4.78, 5) is 2.89. The second-order valence-electron chi connectivity index (χ2n) is 2.60. The summed E-state index contributed by atoms with van der Waals surface area (Å²) in [5.41, 5.74) is -0.767. The third-order valence-electron chi connectivity index (χ3n) is 1.68. The number of rotatable bonds is 3. The summed E-state index contributed by atoms with van der Waals surface area (Å²) in [6.45, 7) is 0. The molecule has 0 spiro atoms. The lowest BCUT2D eigenvalue weighted by atomic mass is 10.2. The SMILES string of the molecule is COc1c(I)ncc(S(=O)(=O)Cl)c1C(F)F. The Labute approximate surface area is 109 Å². The molecule has 0 aliphatic heterocycles. The van der Waals surface area contributed by atoms with Crippen molar-refractivity contribution < 1.29 is 21.9 Å². The monoisotopic (exact) mass is 383 g/mol. The van der Waals surface area contributed by atoms with Gasteiger partial charge >= 0.3 is 0 Å². The smallest absolute Gasteiger partial charge is 0.268 e. The van der Waals surface area contributed by atoms with Gasteiger partial charge in [-0.25, -0.2) is 22.2 Å². The molecule has 0 N–H and O–H groups in total. The van der Waals surface area contributed by atoms with Gasteiger partial charge in [0.25, 0.3) is 15.5 Å². The van der Waals surface area contributed by atoms with Crippen LogP contribution in [0.4, 0.5) is 8.78 Å². The second-order valence-corrected chi connectivity index (χ2v) is 6.15. The predicted molar refractivity (Wildman–Crippen MR) is 61.5 cm³/mol. The average Bonchev–Trinajstić information content (AvgIpc) is 2.14. The first-order valence-electron chi connectivity index (χ1n) is 3.74. The van der Waals surface area contributed by atoms with Gasteiger partial charge < -0.3 is 4.74 Å². The lowest BCUT2D eigenvalue weighted by Gasteiger charge is -2.11. The molecule has 9 heteroatoms. The third kappa shape index (κ3) is 2.72. The van der Waals surface area contributed by atoms with Crippen molar-refractivity contribution in [1.29, 1.82) is 0 Å². The van der Waals surface area contributed by atoms with E-state index in [0.29, 0.717) is 0 Å². The molecular formula is C7H5ClF2INO3S. The van der Waals surface area contributed by atoms with Crippen molar-refractivity contribution >= 4 is 42.3 Å². The topological polar surface area (TPSA) is 56.3 Å². The number of hydrogen-bond donors (Lipinski definition) is 0. The van der Waals surface area contributed by atoms with Crippen LogP contribution >= 0.6 is 33.3 Å². The third-order valence-corrected chi connectivity index (χ3v) is 3.80. The Balaban J connectivity index is 3.65. The Hall–Kier alpha value is -0.220. The van der Waals surface area contributed by atoms with Crippen molar-refractivity contribution in [2.45, 2.75) is 11.3 Å². The molecule has 0 saturated carbocycles. The van der Waals surface area contributed by atoms with Crippen LogP contribution < -0.4 is 4.74 Å². The van der Waals surface area contributed by atoms with E-state index in [1.807, 2.05) is 0 Å². The number of aromatic nitrogens is 1. The molecule has 0 amide bonds. The lowest BCUT2D eigenvalue weighted by molar-refractivity contribution is 0.143. The summed E-state index contributed by atoms with van der Waals surface area (Å²) in [7, 11) is 1.90. The zero-order valence-electron chi connectivity index (χ0n) is 7.75. The van der Waals surface area contributed by atoms with E-state index in [1.54, 1.807) is 22.6 Å². The first-order valence-corrected chi connectivity index (χ1v) is 7.13. The molecule has 0 bridgehead atoms. The molecule has 0 aliphatic rings. The minimum Gasteiger partial charge on any atom is -0.493 e. The summed E-state index contributed by atoms with van der Waals surface area (Å²) < 4.78 is 52.5. The summed E-state index contributed by atoms with van der Waals surface area (Å²) in [6, 6.07) is 0. The molecule has 0 aliphatic carbocycles. The highest BCUT2D eigenvalue weighted by atomic mass is 127. The summed E-state index contributed by atoms with van der Waals surface area (Å²) >= 11 is 1.66. The Morgan fingerprint density at radius 1 is 1.56 bits per heavy atom. The van der Waals surface area contributed by atoms with E-state index in [-0.39, 0.29) is 9.45 Å². The maximum atomic E-state index is 12.8. The maximum absolute atomic E-state index is 12.8. The number of nitrogens with zero attached hydrogens (tertiary/aromatic N) is 1. The van der Waals surface area contributed by atoms with Gasteiger partial charge in [-0.2, -0.15) is 0 Å². The van der Waals surface area contributed by atoms with Gasteiger partial charge in [0.1, 0.15) is 8.60 Å². The van der Waals surface area contributed by atoms with E-state index in [1.165, 1.54) is 0 Å². The van der Waals surface area contributed by atoms with E-state index >= 15 is 0 Å². The number of halogens is 4. The summed E-state index contributed by atoms with van der Waals surface area (Å²) in [5, 5.41) is 0. The Bertz CT molecular complexity index is 509. The summed E-state index contributed by atoms with van der Waals surface area (Å²) in [5.74, 6) is -0.280. The molecular weight excluding hydrogens is 379 g/mol. The normalized spacial score (nSPS) is 11.9. The first-order chi connectivity index (χ1) is 7.29. The predicted octanol–water partition coefficient (Wildman–Crippen LogP) is 2.56. The van der Waals surface area contributed by atoms with E-state index in [2.05, 4.69) is 4.98 Å². The molecule has 0 atom stereocenters. The highest BCUT2D eigenvalue weighted by Gasteiger charge is 2.28. The van der Waals surface area contributed by atoms with Crippen molar-refractivity contribution in [3.63, 3.8) is 0 Å². The standard InChI is InChI=1S/C7H5ClF2INO3S/c1-15-5-4(6(9)10)3(16(8,13)14)2-12-7(5)11/h2,6H,1H3. The van der Waals surface area contributed by atoms with Crippen LogP contribution in [0.2, 0.25) is 0 Å². The van der Waals surface area contributed by atoms with Crippen molar-refractivity contribution in [3.8, 4) is 5.75 Å². The van der Waals surface area contributed by atoms with E-state index in [0.717, 1.165) is 13.3 Å². The van der Waals surface area contributed by atoms with Crippen molar-refractivity contribution in [2.24, 2.45) is 0 Å². The van der Waals surface area contributed by atoms with Crippen molar-refractivity contribution in [1.82, 2.24) is 4.98 Å². The summed E-state index contributed by atoms with van der Waals surface area (Å²) in [6.07, 6.45) is -2.23. The molecule has 0 unspecified atom stereocenters. The Morgan fingerprint density at radius 3 is 2.50 bits per heavy atom. The van der Waals surface area contributed by atoms with Crippen LogP contribution in [-0.4, -0.2) is 20.5 Å². The van der Waals surface area contributed by atoms with E-state index in [4.69, 9.17) is 15.4 Å². The molecule has 1 aromatic heterocycles. The maximum Gasteiger partial charge on any atom is 0.268 e. The number of alkyl halides is 2. The van der Waals surface area contributed by atoms with Crippen LogP contribution in [0.3, 0.4) is 0 Å². The zero-order chi connectivity index (χ0) is 12.5. The van der Waals surface area contributed by atoms with E-state index < -0.39 is 25.9 Å². The highest BCUT2D eigenvalue weighted by molar-refractivity contribution is 14.1. The molecule has 0 fully saturated rings. The van der Waals surface area contributed by atoms with E-state index in [9.17, 15) is 17.2 Å². The van der Waals surface area contributed by atoms with Gasteiger partial charge in [-0.05, 0) is 22.6 Å². The van der Waals surface area contributed by atoms with Crippen LogP contribution in [0.25, 0.3) is 0 Å². The number of pyridine rings is 1. The molecule has 0 radical (unpaired) electrons. The molecule has 90 valence electrons. The lowest BCUT2D eigenvalue weighted by Crippen LogP contribution is -2.05. The molecule has 16 heavy (non-hydrogen) atoms. The minimum absolute atomic E-state index is 0.138. The Kier molecular flexibility index (Phi) is 4.29. The Morgan fingerprint density at radius 2 is 2.12 bits per heavy atom. The minimum atomic E-state index is -4.28. The quantitative estimate of drug-likeness (QED) is 0.457. The molecule has 1 rings (SSSR count). The van der Waals surface area contributed by atoms with Gasteiger partial charge in [-0.3, -0.25) is 0 Å². The van der Waals surface area contributed by atoms with Crippen LogP contribution in [0.5, 0.6) is 5.75 Å². The molecule has 0 aromatic carbocycles. The van der Waals surface area contributed by atoms with Crippen LogP contribution in [0, 0.1) is 3.70 Å². The van der Waals surface area contributed by atoms with Crippen molar-refractivity contribution in [2.75, 3.05) is 7.11 Å². The van der Waals surface area contributed by atoms with Crippen molar-refractivity contribution in [3.05, 3.63) is 15.5 Å². The zero-order valence-corrected chi connectivity index (χ0v) is 11.5. The molecule has 1 heterocycles. The fraction of sp³-hybridized carbons (Fsp3) is 0.286. The van der Waals surface area contributed by atoms with Gasteiger partial charge in [0.05, 0.1) is 12.7 Å². The first kappa shape index (κ1) is 13.8. The number of ether oxygens (including phenoxy) is 1. The number of methoxy groups -OCH3 is 1. The number of hydrogen-bond acceptors (Lipinski definition) is 4.